The number of rotatable bonds is 5. The van der Waals surface area contributed by atoms with Crippen molar-refractivity contribution in [1.29, 1.82) is 0 Å². The summed E-state index contributed by atoms with van der Waals surface area (Å²) < 4.78 is 97.0. The quantitative estimate of drug-likeness (QED) is 0.429. The molecule has 1 spiro atoms. The second kappa shape index (κ2) is 9.17. The van der Waals surface area contributed by atoms with E-state index in [1.54, 1.807) is 0 Å². The molecule has 0 aromatic heterocycles. The topological polar surface area (TPSA) is 27.7 Å². The van der Waals surface area contributed by atoms with Crippen molar-refractivity contribution >= 4 is 0 Å². The number of halogens is 6. The minimum Gasteiger partial charge on any atom is -0.373 e. The van der Waals surface area contributed by atoms with Crippen LogP contribution in [0.5, 0.6) is 0 Å². The Morgan fingerprint density at radius 3 is 1.85 bits per heavy atom. The fraction of sp³-hybridized carbons (Fsp3) is 0.520. The fourth-order valence-electron chi connectivity index (χ4n) is 5.05. The number of alkyl halides is 6. The largest absolute Gasteiger partial charge is 0.416 e. The molecule has 3 nitrogen and oxygen atoms in total. The average molecular weight is 488 g/mol. The van der Waals surface area contributed by atoms with Crippen molar-refractivity contribution in [2.24, 2.45) is 0 Å². The summed E-state index contributed by atoms with van der Waals surface area (Å²) in [6.45, 7) is 2.50. The summed E-state index contributed by atoms with van der Waals surface area (Å²) in [4.78, 5) is 0. The summed E-state index contributed by atoms with van der Waals surface area (Å²) in [7, 11) is 0. The molecule has 186 valence electrons. The summed E-state index contributed by atoms with van der Waals surface area (Å²) >= 11 is 0. The van der Waals surface area contributed by atoms with E-state index in [2.05, 4.69) is 0 Å². The lowest BCUT2D eigenvalue weighted by Gasteiger charge is -2.47. The van der Waals surface area contributed by atoms with Gasteiger partial charge in [0.15, 0.2) is 5.79 Å². The van der Waals surface area contributed by atoms with Gasteiger partial charge in [-0.05, 0) is 49.1 Å². The van der Waals surface area contributed by atoms with Gasteiger partial charge in [-0.25, -0.2) is 0 Å². The normalized spacial score (nSPS) is 21.0. The smallest absolute Gasteiger partial charge is 0.373 e. The van der Waals surface area contributed by atoms with Crippen molar-refractivity contribution in [2.45, 2.75) is 68.9 Å². The van der Waals surface area contributed by atoms with E-state index in [-0.39, 0.29) is 18.2 Å². The highest BCUT2D eigenvalue weighted by atomic mass is 19.4. The van der Waals surface area contributed by atoms with Crippen LogP contribution in [0.2, 0.25) is 0 Å². The Hall–Kier alpha value is -2.10. The highest BCUT2D eigenvalue weighted by molar-refractivity contribution is 5.33. The van der Waals surface area contributed by atoms with Crippen LogP contribution < -0.4 is 0 Å². The van der Waals surface area contributed by atoms with Gasteiger partial charge in [-0.2, -0.15) is 26.3 Å². The minimum absolute atomic E-state index is 0.126. The summed E-state index contributed by atoms with van der Waals surface area (Å²) in [6, 6.07) is 11.2. The van der Waals surface area contributed by atoms with Crippen molar-refractivity contribution < 1.29 is 40.6 Å². The molecule has 0 radical (unpaired) electrons. The van der Waals surface area contributed by atoms with Crippen LogP contribution in [0.15, 0.2) is 48.5 Å². The summed E-state index contributed by atoms with van der Waals surface area (Å²) in [5, 5.41) is 0. The van der Waals surface area contributed by atoms with Crippen molar-refractivity contribution in [3.63, 3.8) is 0 Å². The first-order valence-electron chi connectivity index (χ1n) is 11.2. The Morgan fingerprint density at radius 2 is 1.35 bits per heavy atom. The van der Waals surface area contributed by atoms with Crippen LogP contribution in [-0.4, -0.2) is 25.1 Å². The van der Waals surface area contributed by atoms with Gasteiger partial charge in [0.1, 0.15) is 0 Å². The lowest BCUT2D eigenvalue weighted by atomic mass is 9.64. The van der Waals surface area contributed by atoms with Gasteiger partial charge >= 0.3 is 12.4 Å². The average Bonchev–Trinajstić information content (AvgIpc) is 3.25. The Balaban J connectivity index is 1.58. The summed E-state index contributed by atoms with van der Waals surface area (Å²) in [5.41, 5.74) is -2.33. The maximum atomic E-state index is 13.2. The molecule has 1 unspecified atom stereocenters. The molecule has 2 aromatic carbocycles. The van der Waals surface area contributed by atoms with E-state index in [1.807, 2.05) is 37.3 Å². The van der Waals surface area contributed by atoms with E-state index in [0.717, 1.165) is 5.56 Å². The van der Waals surface area contributed by atoms with Crippen LogP contribution >= 0.6 is 0 Å². The standard InChI is InChI=1S/C25H26F6O3/c1-17(32-16-18-13-20(24(26,27)28)15-21(14-18)25(29,30)31)22(19-5-3-2-4-6-19)7-9-23(10-8-22)33-11-12-34-23/h2-6,13-15,17H,7-12,16H2,1H3. The lowest BCUT2D eigenvalue weighted by Crippen LogP contribution is -2.48. The molecular formula is C25H26F6O3. The van der Waals surface area contributed by atoms with Gasteiger partial charge in [-0.1, -0.05) is 30.3 Å². The molecular weight excluding hydrogens is 462 g/mol. The monoisotopic (exact) mass is 488 g/mol. The number of benzene rings is 2. The SMILES string of the molecule is CC(OCc1cc(C(F)(F)F)cc(C(F)(F)F)c1)C1(c2ccccc2)CCC2(CC1)OCCO2. The first-order valence-corrected chi connectivity index (χ1v) is 11.2. The Bertz CT molecular complexity index is 938. The molecule has 1 heterocycles. The third kappa shape index (κ3) is 5.11. The van der Waals surface area contributed by atoms with Gasteiger partial charge in [0.2, 0.25) is 0 Å². The van der Waals surface area contributed by atoms with Crippen molar-refractivity contribution in [3.05, 3.63) is 70.8 Å². The molecule has 1 aliphatic carbocycles. The maximum Gasteiger partial charge on any atom is 0.416 e. The zero-order valence-corrected chi connectivity index (χ0v) is 18.6. The molecule has 0 amide bonds. The van der Waals surface area contributed by atoms with Gasteiger partial charge in [-0.3, -0.25) is 0 Å². The summed E-state index contributed by atoms with van der Waals surface area (Å²) in [6.07, 6.45) is -7.73. The van der Waals surface area contributed by atoms with Crippen LogP contribution in [-0.2, 0) is 38.6 Å². The third-order valence-corrected chi connectivity index (χ3v) is 6.99. The fourth-order valence-corrected chi connectivity index (χ4v) is 5.05. The predicted octanol–water partition coefficient (Wildman–Crippen LogP) is 6.88. The lowest BCUT2D eigenvalue weighted by molar-refractivity contribution is -0.192. The number of hydrogen-bond donors (Lipinski definition) is 0. The second-order valence-electron chi connectivity index (χ2n) is 9.00. The molecule has 2 aromatic rings. The molecule has 2 fully saturated rings. The van der Waals surface area contributed by atoms with Crippen LogP contribution in [0.1, 0.15) is 54.9 Å². The van der Waals surface area contributed by atoms with E-state index in [9.17, 15) is 26.3 Å². The zero-order valence-electron chi connectivity index (χ0n) is 18.6. The first-order chi connectivity index (χ1) is 15.9. The maximum absolute atomic E-state index is 13.2. The zero-order chi connectivity index (χ0) is 24.6. The minimum atomic E-state index is -4.90. The predicted molar refractivity (Wildman–Crippen MR) is 112 cm³/mol. The van der Waals surface area contributed by atoms with Gasteiger partial charge in [-0.15, -0.1) is 0 Å². The number of hydrogen-bond acceptors (Lipinski definition) is 3. The highest BCUT2D eigenvalue weighted by Crippen LogP contribution is 2.49. The third-order valence-electron chi connectivity index (χ3n) is 6.99. The molecule has 1 aliphatic heterocycles. The van der Waals surface area contributed by atoms with Gasteiger partial charge in [0.05, 0.1) is 37.1 Å². The molecule has 9 heteroatoms. The van der Waals surface area contributed by atoms with E-state index >= 15 is 0 Å². The van der Waals surface area contributed by atoms with Crippen LogP contribution in [0.4, 0.5) is 26.3 Å². The van der Waals surface area contributed by atoms with Crippen molar-refractivity contribution in [1.82, 2.24) is 0 Å². The molecule has 1 saturated carbocycles. The molecule has 4 rings (SSSR count). The molecule has 0 N–H and O–H groups in total. The molecule has 34 heavy (non-hydrogen) atoms. The van der Waals surface area contributed by atoms with Gasteiger partial charge < -0.3 is 14.2 Å². The van der Waals surface area contributed by atoms with Crippen molar-refractivity contribution in [3.8, 4) is 0 Å². The number of ether oxygens (including phenoxy) is 3. The van der Waals surface area contributed by atoms with E-state index in [1.165, 1.54) is 0 Å². The Morgan fingerprint density at radius 1 is 0.824 bits per heavy atom. The first kappa shape index (κ1) is 25.0. The Labute approximate surface area is 194 Å². The van der Waals surface area contributed by atoms with Gasteiger partial charge in [0, 0.05) is 18.3 Å². The molecule has 1 atom stereocenters. The van der Waals surface area contributed by atoms with Crippen LogP contribution in [0.3, 0.4) is 0 Å². The van der Waals surface area contributed by atoms with Gasteiger partial charge in [0.25, 0.3) is 0 Å². The second-order valence-corrected chi connectivity index (χ2v) is 9.00. The van der Waals surface area contributed by atoms with E-state index < -0.39 is 40.8 Å². The van der Waals surface area contributed by atoms with Crippen molar-refractivity contribution in [2.75, 3.05) is 13.2 Å². The van der Waals surface area contributed by atoms with E-state index in [4.69, 9.17) is 14.2 Å². The summed E-state index contributed by atoms with van der Waals surface area (Å²) in [5.74, 6) is -0.624. The van der Waals surface area contributed by atoms with E-state index in [0.29, 0.717) is 51.0 Å². The molecule has 2 aliphatic rings. The highest BCUT2D eigenvalue weighted by Gasteiger charge is 2.49. The Kier molecular flexibility index (Phi) is 6.74. The molecule has 1 saturated heterocycles. The van der Waals surface area contributed by atoms with Crippen LogP contribution in [0, 0.1) is 0 Å². The van der Waals surface area contributed by atoms with Crippen LogP contribution in [0.25, 0.3) is 0 Å². The molecule has 0 bridgehead atoms.